The molecule has 1 aromatic heterocycles. The third kappa shape index (κ3) is 2.33. The van der Waals surface area contributed by atoms with Crippen molar-refractivity contribution in [3.8, 4) is 12.3 Å². The number of nitrogens with zero attached hydrogens (tertiary/aromatic N) is 1. The summed E-state index contributed by atoms with van der Waals surface area (Å²) in [5.41, 5.74) is 1.35. The van der Waals surface area contributed by atoms with Crippen LogP contribution in [0.1, 0.15) is 0 Å². The lowest BCUT2D eigenvalue weighted by Gasteiger charge is -2.14. The van der Waals surface area contributed by atoms with Crippen LogP contribution in [0.15, 0.2) is 53.3 Å². The summed E-state index contributed by atoms with van der Waals surface area (Å²) in [4.78, 5) is 24.5. The van der Waals surface area contributed by atoms with E-state index in [0.717, 1.165) is 0 Å². The summed E-state index contributed by atoms with van der Waals surface area (Å²) in [5, 5.41) is 1.15. The van der Waals surface area contributed by atoms with Gasteiger partial charge in [-0.2, -0.15) is 0 Å². The van der Waals surface area contributed by atoms with Crippen LogP contribution in [0.2, 0.25) is 0 Å². The van der Waals surface area contributed by atoms with E-state index in [2.05, 4.69) is 5.92 Å². The van der Waals surface area contributed by atoms with Gasteiger partial charge >= 0.3 is 5.97 Å². The molecule has 3 rings (SSSR count). The lowest BCUT2D eigenvalue weighted by atomic mass is 10.1. The molecule has 0 saturated carbocycles. The van der Waals surface area contributed by atoms with E-state index in [-0.39, 0.29) is 18.6 Å². The second-order valence-electron chi connectivity index (χ2n) is 4.81. The summed E-state index contributed by atoms with van der Waals surface area (Å²) < 4.78 is 6.73. The summed E-state index contributed by atoms with van der Waals surface area (Å²) >= 11 is 0. The van der Waals surface area contributed by atoms with Crippen LogP contribution in [0.25, 0.3) is 21.8 Å². The Hall–Kier alpha value is -3.06. The molecule has 0 N–H and O–H groups in total. The van der Waals surface area contributed by atoms with Crippen molar-refractivity contribution in [1.82, 2.24) is 4.57 Å². The third-order valence-corrected chi connectivity index (χ3v) is 3.48. The Labute approximate surface area is 126 Å². The molecule has 22 heavy (non-hydrogen) atoms. The van der Waals surface area contributed by atoms with E-state index in [1.807, 2.05) is 24.3 Å². The van der Waals surface area contributed by atoms with Gasteiger partial charge in [-0.15, -0.1) is 6.42 Å². The summed E-state index contributed by atoms with van der Waals surface area (Å²) in [6.45, 7) is -0.0577. The standard InChI is InChI=1S/C18H13NO3/c1-2-11-22-17(20)12-19-15-9-5-3-7-13(15)18(21)14-8-4-6-10-16(14)19/h1,3-10H,11-12H2. The Morgan fingerprint density at radius 2 is 1.59 bits per heavy atom. The molecule has 0 unspecified atom stereocenters. The van der Waals surface area contributed by atoms with Gasteiger partial charge < -0.3 is 9.30 Å². The maximum Gasteiger partial charge on any atom is 0.326 e. The zero-order chi connectivity index (χ0) is 15.5. The van der Waals surface area contributed by atoms with Gasteiger partial charge in [0.2, 0.25) is 0 Å². The van der Waals surface area contributed by atoms with Crippen LogP contribution in [-0.2, 0) is 16.1 Å². The highest BCUT2D eigenvalue weighted by atomic mass is 16.5. The minimum atomic E-state index is -0.433. The maximum atomic E-state index is 12.5. The Morgan fingerprint density at radius 1 is 1.05 bits per heavy atom. The Kier molecular flexibility index (Phi) is 3.63. The van der Waals surface area contributed by atoms with Crippen molar-refractivity contribution in [2.45, 2.75) is 6.54 Å². The Bertz CT molecular complexity index is 903. The van der Waals surface area contributed by atoms with Gasteiger partial charge in [-0.25, -0.2) is 0 Å². The van der Waals surface area contributed by atoms with Crippen LogP contribution in [0, 0.1) is 12.3 Å². The van der Waals surface area contributed by atoms with Crippen molar-refractivity contribution in [2.24, 2.45) is 0 Å². The molecular formula is C18H13NO3. The molecule has 0 aliphatic heterocycles. The van der Waals surface area contributed by atoms with Crippen molar-refractivity contribution < 1.29 is 9.53 Å². The number of carbonyl (C=O) groups is 1. The molecule has 0 fully saturated rings. The number of fused-ring (bicyclic) bond motifs is 2. The van der Waals surface area contributed by atoms with Crippen molar-refractivity contribution in [2.75, 3.05) is 6.61 Å². The van der Waals surface area contributed by atoms with Gasteiger partial charge in [0.1, 0.15) is 6.54 Å². The van der Waals surface area contributed by atoms with E-state index in [9.17, 15) is 9.59 Å². The van der Waals surface area contributed by atoms with Gasteiger partial charge in [-0.1, -0.05) is 30.2 Å². The average molecular weight is 291 g/mol. The summed E-state index contributed by atoms with van der Waals surface area (Å²) in [5.74, 6) is 1.83. The normalized spacial score (nSPS) is 10.5. The zero-order valence-electron chi connectivity index (χ0n) is 11.8. The molecule has 0 atom stereocenters. The Morgan fingerprint density at radius 3 is 2.14 bits per heavy atom. The fraction of sp³-hybridized carbons (Fsp3) is 0.111. The molecule has 0 aliphatic rings. The molecule has 0 saturated heterocycles. The fourth-order valence-corrected chi connectivity index (χ4v) is 2.54. The first-order valence-corrected chi connectivity index (χ1v) is 6.81. The van der Waals surface area contributed by atoms with E-state index in [1.54, 1.807) is 28.8 Å². The van der Waals surface area contributed by atoms with Crippen molar-refractivity contribution in [3.63, 3.8) is 0 Å². The molecule has 0 aliphatic carbocycles. The molecule has 0 bridgehead atoms. The monoisotopic (exact) mass is 291 g/mol. The molecule has 0 spiro atoms. The number of hydrogen-bond donors (Lipinski definition) is 0. The first-order valence-electron chi connectivity index (χ1n) is 6.81. The number of esters is 1. The number of benzene rings is 2. The maximum absolute atomic E-state index is 12.5. The first kappa shape index (κ1) is 13.9. The number of pyridine rings is 1. The van der Waals surface area contributed by atoms with Crippen molar-refractivity contribution >= 4 is 27.8 Å². The van der Waals surface area contributed by atoms with E-state index < -0.39 is 5.97 Å². The molecule has 1 heterocycles. The second kappa shape index (κ2) is 5.74. The minimum absolute atomic E-state index is 0.00296. The number of terminal acetylenes is 1. The van der Waals surface area contributed by atoms with Crippen LogP contribution in [0.3, 0.4) is 0 Å². The van der Waals surface area contributed by atoms with Gasteiger partial charge in [0, 0.05) is 10.8 Å². The zero-order valence-corrected chi connectivity index (χ0v) is 11.8. The number of rotatable bonds is 3. The SMILES string of the molecule is C#CCOC(=O)Cn1c2ccccc2c(=O)c2ccccc21. The average Bonchev–Trinajstić information content (AvgIpc) is 2.57. The van der Waals surface area contributed by atoms with Crippen LogP contribution in [0.5, 0.6) is 0 Å². The molecular weight excluding hydrogens is 278 g/mol. The highest BCUT2D eigenvalue weighted by molar-refractivity contribution is 5.94. The molecule has 2 aromatic carbocycles. The van der Waals surface area contributed by atoms with E-state index in [0.29, 0.717) is 21.8 Å². The smallest absolute Gasteiger partial charge is 0.326 e. The van der Waals surface area contributed by atoms with Crippen LogP contribution < -0.4 is 5.43 Å². The second-order valence-corrected chi connectivity index (χ2v) is 4.81. The largest absolute Gasteiger partial charge is 0.451 e. The predicted octanol–water partition coefficient (Wildman–Crippen LogP) is 2.33. The van der Waals surface area contributed by atoms with Crippen LogP contribution in [-0.4, -0.2) is 17.1 Å². The van der Waals surface area contributed by atoms with Crippen LogP contribution in [0.4, 0.5) is 0 Å². The fourth-order valence-electron chi connectivity index (χ4n) is 2.54. The number of para-hydroxylation sites is 2. The van der Waals surface area contributed by atoms with Gasteiger partial charge in [-0.3, -0.25) is 9.59 Å². The highest BCUT2D eigenvalue weighted by Crippen LogP contribution is 2.19. The molecule has 3 aromatic rings. The lowest BCUT2D eigenvalue weighted by Crippen LogP contribution is -2.18. The molecule has 0 radical (unpaired) electrons. The lowest BCUT2D eigenvalue weighted by molar-refractivity contribution is -0.142. The minimum Gasteiger partial charge on any atom is -0.451 e. The number of aromatic nitrogens is 1. The number of ether oxygens (including phenoxy) is 1. The van der Waals surface area contributed by atoms with Crippen LogP contribution >= 0.6 is 0 Å². The van der Waals surface area contributed by atoms with Gasteiger partial charge in [0.15, 0.2) is 12.0 Å². The van der Waals surface area contributed by atoms with E-state index in [4.69, 9.17) is 11.2 Å². The van der Waals surface area contributed by atoms with Gasteiger partial charge in [0.25, 0.3) is 0 Å². The topological polar surface area (TPSA) is 48.3 Å². The number of hydrogen-bond acceptors (Lipinski definition) is 3. The van der Waals surface area contributed by atoms with E-state index in [1.165, 1.54) is 0 Å². The highest BCUT2D eigenvalue weighted by Gasteiger charge is 2.13. The molecule has 4 nitrogen and oxygen atoms in total. The van der Waals surface area contributed by atoms with Crippen molar-refractivity contribution in [3.05, 3.63) is 58.8 Å². The molecule has 4 heteroatoms. The molecule has 108 valence electrons. The van der Waals surface area contributed by atoms with Gasteiger partial charge in [0.05, 0.1) is 11.0 Å². The third-order valence-electron chi connectivity index (χ3n) is 3.48. The van der Waals surface area contributed by atoms with E-state index >= 15 is 0 Å². The first-order chi connectivity index (χ1) is 10.7. The number of carbonyl (C=O) groups excluding carboxylic acids is 1. The summed E-state index contributed by atoms with van der Waals surface area (Å²) in [6, 6.07) is 14.4. The summed E-state index contributed by atoms with van der Waals surface area (Å²) in [6.07, 6.45) is 5.10. The summed E-state index contributed by atoms with van der Waals surface area (Å²) in [7, 11) is 0. The Balaban J connectivity index is 2.26. The van der Waals surface area contributed by atoms with Gasteiger partial charge in [-0.05, 0) is 24.3 Å². The predicted molar refractivity (Wildman–Crippen MR) is 85.5 cm³/mol. The molecule has 0 amide bonds. The van der Waals surface area contributed by atoms with Crippen molar-refractivity contribution in [1.29, 1.82) is 0 Å². The quantitative estimate of drug-likeness (QED) is 0.423.